The van der Waals surface area contributed by atoms with E-state index in [0.717, 1.165) is 5.57 Å². The molecule has 0 atom stereocenters. The SMILES string of the molecule is O=C1CC=CC2=[Te]C=CC=C12. The quantitative estimate of drug-likeness (QED) is 0.589. The molecule has 0 aromatic heterocycles. The second-order valence-corrected chi connectivity index (χ2v) is 5.13. The fourth-order valence-corrected chi connectivity index (χ4v) is 3.38. The van der Waals surface area contributed by atoms with Crippen molar-refractivity contribution in [3.8, 4) is 0 Å². The second kappa shape index (κ2) is 2.89. The van der Waals surface area contributed by atoms with Gasteiger partial charge in [-0.2, -0.15) is 0 Å². The van der Waals surface area contributed by atoms with Gasteiger partial charge in [0.25, 0.3) is 0 Å². The zero-order valence-corrected chi connectivity index (χ0v) is 8.24. The van der Waals surface area contributed by atoms with Crippen LogP contribution in [0, 0.1) is 0 Å². The minimum atomic E-state index is -0.182. The van der Waals surface area contributed by atoms with Crippen molar-refractivity contribution in [3.05, 3.63) is 34.0 Å². The molecule has 2 rings (SSSR count). The summed E-state index contributed by atoms with van der Waals surface area (Å²) < 4.78 is 3.50. The average molecular weight is 259 g/mol. The van der Waals surface area contributed by atoms with E-state index in [9.17, 15) is 4.79 Å². The topological polar surface area (TPSA) is 17.1 Å². The van der Waals surface area contributed by atoms with Crippen molar-refractivity contribution >= 4 is 29.8 Å². The summed E-state index contributed by atoms with van der Waals surface area (Å²) in [5, 5.41) is 0. The summed E-state index contributed by atoms with van der Waals surface area (Å²) in [7, 11) is 0. The van der Waals surface area contributed by atoms with Gasteiger partial charge in [0.1, 0.15) is 0 Å². The molecule has 55 valence electrons. The first-order valence-electron chi connectivity index (χ1n) is 3.48. The first-order valence-corrected chi connectivity index (χ1v) is 5.99. The van der Waals surface area contributed by atoms with Crippen LogP contribution < -0.4 is 0 Å². The van der Waals surface area contributed by atoms with Gasteiger partial charge in [-0.15, -0.1) is 0 Å². The average Bonchev–Trinajstić information content (AvgIpc) is 2.06. The van der Waals surface area contributed by atoms with Crippen LogP contribution in [0.1, 0.15) is 6.42 Å². The summed E-state index contributed by atoms with van der Waals surface area (Å²) in [6.45, 7) is 0. The van der Waals surface area contributed by atoms with Gasteiger partial charge in [-0.05, 0) is 0 Å². The number of fused-ring (bicyclic) bond motifs is 1. The standard InChI is InChI=1S/C9H7OTe/c10-8-4-1-5-9-7(8)3-2-6-11-9/h1-3,5-6H,4H2. The first-order chi connectivity index (χ1) is 5.38. The van der Waals surface area contributed by atoms with Crippen molar-refractivity contribution in [2.24, 2.45) is 0 Å². The van der Waals surface area contributed by atoms with Crippen LogP contribution in [-0.2, 0) is 4.79 Å². The predicted octanol–water partition coefficient (Wildman–Crippen LogP) is 0.846. The molecule has 1 aliphatic carbocycles. The number of rotatable bonds is 0. The van der Waals surface area contributed by atoms with Crippen LogP contribution in [0.5, 0.6) is 0 Å². The molecule has 1 heterocycles. The molecule has 2 aliphatic rings. The maximum absolute atomic E-state index is 11.3. The Morgan fingerprint density at radius 1 is 1.45 bits per heavy atom. The number of carbonyl (C=O) groups is 1. The molecular formula is C9H7OTe. The Hall–Kier alpha value is -0.450. The van der Waals surface area contributed by atoms with Crippen LogP contribution in [-0.4, -0.2) is 29.8 Å². The molecule has 0 saturated heterocycles. The Labute approximate surface area is 75.1 Å². The van der Waals surface area contributed by atoms with E-state index in [4.69, 9.17) is 0 Å². The van der Waals surface area contributed by atoms with Gasteiger partial charge in [0.15, 0.2) is 0 Å². The zero-order valence-electron chi connectivity index (χ0n) is 5.91. The van der Waals surface area contributed by atoms with E-state index in [1.165, 1.54) is 3.55 Å². The van der Waals surface area contributed by atoms with Crippen LogP contribution in [0.25, 0.3) is 0 Å². The molecule has 0 amide bonds. The molecular weight excluding hydrogens is 252 g/mol. The van der Waals surface area contributed by atoms with E-state index in [-0.39, 0.29) is 26.2 Å². The molecule has 0 aromatic carbocycles. The van der Waals surface area contributed by atoms with E-state index in [2.05, 4.69) is 10.2 Å². The van der Waals surface area contributed by atoms with E-state index in [1.807, 2.05) is 18.2 Å². The number of ketones is 1. The summed E-state index contributed by atoms with van der Waals surface area (Å²) in [4.78, 5) is 11.3. The van der Waals surface area contributed by atoms with Gasteiger partial charge >= 0.3 is 75.0 Å². The monoisotopic (exact) mass is 261 g/mol. The summed E-state index contributed by atoms with van der Waals surface area (Å²) in [5.74, 6) is 0.289. The van der Waals surface area contributed by atoms with Crippen LogP contribution >= 0.6 is 0 Å². The third-order valence-electron chi connectivity index (χ3n) is 1.67. The normalized spacial score (nSPS) is 20.9. The zero-order chi connectivity index (χ0) is 7.68. The molecule has 1 aliphatic heterocycles. The molecule has 1 radical (unpaired) electrons. The summed E-state index contributed by atoms with van der Waals surface area (Å²) in [6.07, 6.45) is 8.63. The predicted molar refractivity (Wildman–Crippen MR) is 46.7 cm³/mol. The third kappa shape index (κ3) is 1.29. The van der Waals surface area contributed by atoms with Crippen LogP contribution in [0.15, 0.2) is 34.0 Å². The summed E-state index contributed by atoms with van der Waals surface area (Å²) in [5.41, 5.74) is 0.970. The third-order valence-corrected chi connectivity index (χ3v) is 4.25. The van der Waals surface area contributed by atoms with E-state index in [1.54, 1.807) is 0 Å². The Balaban J connectivity index is 2.53. The molecule has 1 nitrogen and oxygen atoms in total. The second-order valence-electron chi connectivity index (χ2n) is 2.42. The van der Waals surface area contributed by atoms with Crippen LogP contribution in [0.2, 0.25) is 0 Å². The van der Waals surface area contributed by atoms with Crippen molar-refractivity contribution in [1.82, 2.24) is 0 Å². The van der Waals surface area contributed by atoms with Crippen molar-refractivity contribution in [3.63, 3.8) is 0 Å². The molecule has 0 N–H and O–H groups in total. The minimum absolute atomic E-state index is 0.182. The molecule has 0 fully saturated rings. The van der Waals surface area contributed by atoms with Gasteiger partial charge in [0.2, 0.25) is 0 Å². The summed E-state index contributed by atoms with van der Waals surface area (Å²) >= 11 is -0.182. The van der Waals surface area contributed by atoms with Crippen molar-refractivity contribution in [2.45, 2.75) is 6.42 Å². The summed E-state index contributed by atoms with van der Waals surface area (Å²) in [6, 6.07) is 0. The van der Waals surface area contributed by atoms with Gasteiger partial charge < -0.3 is 0 Å². The van der Waals surface area contributed by atoms with Crippen molar-refractivity contribution in [1.29, 1.82) is 0 Å². The van der Waals surface area contributed by atoms with Gasteiger partial charge in [-0.1, -0.05) is 0 Å². The number of hydrogen-bond acceptors (Lipinski definition) is 1. The van der Waals surface area contributed by atoms with Gasteiger partial charge in [-0.25, -0.2) is 0 Å². The molecule has 0 saturated carbocycles. The van der Waals surface area contributed by atoms with E-state index in [0.29, 0.717) is 6.42 Å². The van der Waals surface area contributed by atoms with E-state index < -0.39 is 0 Å². The molecule has 11 heavy (non-hydrogen) atoms. The Morgan fingerprint density at radius 3 is 3.18 bits per heavy atom. The fraction of sp³-hybridized carbons (Fsp3) is 0.111. The number of carbonyl (C=O) groups excluding carboxylic acids is 1. The maximum atomic E-state index is 11.3. The number of hydrogen-bond donors (Lipinski definition) is 0. The van der Waals surface area contributed by atoms with Crippen molar-refractivity contribution in [2.75, 3.05) is 0 Å². The Bertz CT molecular complexity index is 318. The molecule has 0 spiro atoms. The molecule has 0 bridgehead atoms. The number of Topliss-reactive ketones (excluding diaryl/α,β-unsaturated/α-hetero) is 1. The van der Waals surface area contributed by atoms with E-state index >= 15 is 0 Å². The van der Waals surface area contributed by atoms with Gasteiger partial charge in [0.05, 0.1) is 0 Å². The molecule has 0 aromatic rings. The molecule has 2 heteroatoms. The van der Waals surface area contributed by atoms with Crippen LogP contribution in [0.4, 0.5) is 0 Å². The van der Waals surface area contributed by atoms with Gasteiger partial charge in [-0.3, -0.25) is 0 Å². The van der Waals surface area contributed by atoms with Gasteiger partial charge in [0, 0.05) is 0 Å². The van der Waals surface area contributed by atoms with Crippen LogP contribution in [0.3, 0.4) is 0 Å². The fourth-order valence-electron chi connectivity index (χ4n) is 1.14. The number of allylic oxidation sites excluding steroid dienone is 5. The Morgan fingerprint density at radius 2 is 2.36 bits per heavy atom. The van der Waals surface area contributed by atoms with Crippen molar-refractivity contribution < 1.29 is 4.79 Å². The first kappa shape index (κ1) is 7.21. The molecule has 0 unspecified atom stereocenters. The Kier molecular flexibility index (Phi) is 1.89.